The number of benzene rings is 1. The molecule has 0 bridgehead atoms. The van der Waals surface area contributed by atoms with Crippen molar-refractivity contribution in [2.75, 3.05) is 6.61 Å². The summed E-state index contributed by atoms with van der Waals surface area (Å²) in [6, 6.07) is 3.84. The molecule has 1 rings (SSSR count). The van der Waals surface area contributed by atoms with Crippen LogP contribution in [0.2, 0.25) is 0 Å². The molecule has 1 aromatic rings. The van der Waals surface area contributed by atoms with E-state index in [0.717, 1.165) is 6.07 Å². The van der Waals surface area contributed by atoms with Gasteiger partial charge in [-0.1, -0.05) is 13.8 Å². The number of nitro groups is 1. The van der Waals surface area contributed by atoms with E-state index in [1.165, 1.54) is 12.1 Å². The van der Waals surface area contributed by atoms with Gasteiger partial charge in [-0.25, -0.2) is 0 Å². The molecule has 0 saturated heterocycles. The zero-order valence-corrected chi connectivity index (χ0v) is 8.64. The quantitative estimate of drug-likeness (QED) is 0.612. The van der Waals surface area contributed by atoms with Crippen molar-refractivity contribution in [1.82, 2.24) is 0 Å². The Bertz CT molecular complexity index is 362. The molecule has 0 atom stereocenters. The van der Waals surface area contributed by atoms with Gasteiger partial charge in [0.1, 0.15) is 5.75 Å². The summed E-state index contributed by atoms with van der Waals surface area (Å²) in [6.45, 7) is 4.31. The van der Waals surface area contributed by atoms with Gasteiger partial charge in [-0.3, -0.25) is 10.1 Å². The van der Waals surface area contributed by atoms with Crippen LogP contribution < -0.4 is 4.74 Å². The summed E-state index contributed by atoms with van der Waals surface area (Å²) in [5.74, 6) is 0.337. The molecule has 0 amide bonds. The topological polar surface area (TPSA) is 72.6 Å². The molecule has 82 valence electrons. The van der Waals surface area contributed by atoms with Crippen LogP contribution >= 0.6 is 0 Å². The van der Waals surface area contributed by atoms with Crippen LogP contribution in [-0.4, -0.2) is 16.6 Å². The van der Waals surface area contributed by atoms with E-state index in [4.69, 9.17) is 9.84 Å². The van der Waals surface area contributed by atoms with E-state index in [1.54, 1.807) is 0 Å². The number of phenols is 1. The maximum Gasteiger partial charge on any atom is 0.314 e. The van der Waals surface area contributed by atoms with Gasteiger partial charge in [0.25, 0.3) is 0 Å². The van der Waals surface area contributed by atoms with Gasteiger partial charge < -0.3 is 9.84 Å². The Hall–Kier alpha value is -1.78. The fraction of sp³-hybridized carbons (Fsp3) is 0.400. The number of hydrogen-bond donors (Lipinski definition) is 1. The summed E-state index contributed by atoms with van der Waals surface area (Å²) < 4.78 is 5.26. The first-order chi connectivity index (χ1) is 7.00. The molecular weight excluding hydrogens is 198 g/mol. The van der Waals surface area contributed by atoms with Crippen molar-refractivity contribution >= 4 is 5.69 Å². The van der Waals surface area contributed by atoms with Crippen LogP contribution in [0, 0.1) is 16.0 Å². The molecule has 0 aliphatic rings. The number of nitro benzene ring substituents is 1. The Labute approximate surface area is 87.5 Å². The summed E-state index contributed by atoms with van der Waals surface area (Å²) in [5, 5.41) is 19.7. The second-order valence-electron chi connectivity index (χ2n) is 3.61. The molecule has 0 spiro atoms. The molecule has 15 heavy (non-hydrogen) atoms. The number of hydrogen-bond acceptors (Lipinski definition) is 4. The number of aromatic hydroxyl groups is 1. The molecule has 0 aliphatic heterocycles. The minimum Gasteiger partial charge on any atom is -0.508 e. The van der Waals surface area contributed by atoms with E-state index >= 15 is 0 Å². The smallest absolute Gasteiger partial charge is 0.314 e. The van der Waals surface area contributed by atoms with Crippen LogP contribution in [0.15, 0.2) is 18.2 Å². The average molecular weight is 211 g/mol. The number of phenolic OH excluding ortho intramolecular Hbond substituents is 1. The largest absolute Gasteiger partial charge is 0.508 e. The lowest BCUT2D eigenvalue weighted by molar-refractivity contribution is -0.386. The number of ether oxygens (including phenoxy) is 1. The maximum atomic E-state index is 10.6. The number of nitrogens with zero attached hydrogens (tertiary/aromatic N) is 1. The van der Waals surface area contributed by atoms with Gasteiger partial charge in [0.15, 0.2) is 5.75 Å². The monoisotopic (exact) mass is 211 g/mol. The van der Waals surface area contributed by atoms with Crippen molar-refractivity contribution in [1.29, 1.82) is 0 Å². The van der Waals surface area contributed by atoms with Crippen molar-refractivity contribution < 1.29 is 14.8 Å². The molecule has 0 unspecified atom stereocenters. The Balaban J connectivity index is 2.91. The fourth-order valence-corrected chi connectivity index (χ4v) is 1.03. The highest BCUT2D eigenvalue weighted by Crippen LogP contribution is 2.30. The summed E-state index contributed by atoms with van der Waals surface area (Å²) >= 11 is 0. The second kappa shape index (κ2) is 4.63. The molecular formula is C10H13NO4. The lowest BCUT2D eigenvalue weighted by Gasteiger charge is -2.08. The third-order valence-corrected chi connectivity index (χ3v) is 1.71. The van der Waals surface area contributed by atoms with Crippen LogP contribution in [0.4, 0.5) is 5.69 Å². The Morgan fingerprint density at radius 1 is 1.53 bits per heavy atom. The standard InChI is InChI=1S/C10H13NO4/c1-7(2)6-15-10-4-3-8(12)5-9(10)11(13)14/h3-5,7,12H,6H2,1-2H3. The highest BCUT2D eigenvalue weighted by atomic mass is 16.6. The highest BCUT2D eigenvalue weighted by Gasteiger charge is 2.16. The van der Waals surface area contributed by atoms with Gasteiger partial charge in [0, 0.05) is 0 Å². The zero-order chi connectivity index (χ0) is 11.4. The van der Waals surface area contributed by atoms with Crippen molar-refractivity contribution in [3.05, 3.63) is 28.3 Å². The summed E-state index contributed by atoms with van der Waals surface area (Å²) in [4.78, 5) is 10.1. The van der Waals surface area contributed by atoms with Crippen molar-refractivity contribution in [2.24, 2.45) is 5.92 Å². The molecule has 0 heterocycles. The van der Waals surface area contributed by atoms with Crippen molar-refractivity contribution in [3.8, 4) is 11.5 Å². The third-order valence-electron chi connectivity index (χ3n) is 1.71. The first-order valence-electron chi connectivity index (χ1n) is 4.61. The van der Waals surface area contributed by atoms with Gasteiger partial charge in [-0.05, 0) is 18.1 Å². The van der Waals surface area contributed by atoms with E-state index in [-0.39, 0.29) is 17.2 Å². The van der Waals surface area contributed by atoms with Crippen LogP contribution in [0.1, 0.15) is 13.8 Å². The zero-order valence-electron chi connectivity index (χ0n) is 8.64. The second-order valence-corrected chi connectivity index (χ2v) is 3.61. The highest BCUT2D eigenvalue weighted by molar-refractivity contribution is 5.50. The van der Waals surface area contributed by atoms with Crippen LogP contribution in [0.5, 0.6) is 11.5 Å². The molecule has 5 heteroatoms. The Morgan fingerprint density at radius 2 is 2.20 bits per heavy atom. The van der Waals surface area contributed by atoms with E-state index in [1.807, 2.05) is 13.8 Å². The summed E-state index contributed by atoms with van der Waals surface area (Å²) in [6.07, 6.45) is 0. The van der Waals surface area contributed by atoms with Crippen LogP contribution in [0.3, 0.4) is 0 Å². The third kappa shape index (κ3) is 3.12. The minimum absolute atomic E-state index is 0.140. The summed E-state index contributed by atoms with van der Waals surface area (Å²) in [7, 11) is 0. The average Bonchev–Trinajstić information content (AvgIpc) is 2.15. The molecule has 5 nitrogen and oxygen atoms in total. The predicted octanol–water partition coefficient (Wildman–Crippen LogP) is 2.34. The molecule has 0 radical (unpaired) electrons. The minimum atomic E-state index is -0.574. The lowest BCUT2D eigenvalue weighted by atomic mass is 10.2. The molecule has 0 aliphatic carbocycles. The SMILES string of the molecule is CC(C)COc1ccc(O)cc1[N+](=O)[O-]. The predicted molar refractivity (Wildman–Crippen MR) is 55.1 cm³/mol. The first kappa shape index (κ1) is 11.3. The van der Waals surface area contributed by atoms with E-state index in [2.05, 4.69) is 0 Å². The van der Waals surface area contributed by atoms with Crippen molar-refractivity contribution in [2.45, 2.75) is 13.8 Å². The van der Waals surface area contributed by atoms with Crippen LogP contribution in [0.25, 0.3) is 0 Å². The van der Waals surface area contributed by atoms with E-state index < -0.39 is 4.92 Å². The summed E-state index contributed by atoms with van der Waals surface area (Å²) in [5.41, 5.74) is -0.212. The maximum absolute atomic E-state index is 10.6. The van der Waals surface area contributed by atoms with E-state index in [0.29, 0.717) is 12.5 Å². The molecule has 0 fully saturated rings. The molecule has 0 saturated carbocycles. The first-order valence-corrected chi connectivity index (χ1v) is 4.61. The van der Waals surface area contributed by atoms with Gasteiger partial charge >= 0.3 is 5.69 Å². The van der Waals surface area contributed by atoms with E-state index in [9.17, 15) is 10.1 Å². The molecule has 1 aromatic carbocycles. The Morgan fingerprint density at radius 3 is 2.73 bits per heavy atom. The lowest BCUT2D eigenvalue weighted by Crippen LogP contribution is -2.06. The van der Waals surface area contributed by atoms with Gasteiger partial charge in [0.05, 0.1) is 17.6 Å². The van der Waals surface area contributed by atoms with Crippen LogP contribution in [-0.2, 0) is 0 Å². The van der Waals surface area contributed by atoms with Gasteiger partial charge in [0.2, 0.25) is 0 Å². The molecule has 0 aromatic heterocycles. The normalized spacial score (nSPS) is 10.3. The molecule has 1 N–H and O–H groups in total. The van der Waals surface area contributed by atoms with Crippen molar-refractivity contribution in [3.63, 3.8) is 0 Å². The Kier molecular flexibility index (Phi) is 3.49. The number of rotatable bonds is 4. The fourth-order valence-electron chi connectivity index (χ4n) is 1.03. The van der Waals surface area contributed by atoms with Gasteiger partial charge in [-0.15, -0.1) is 0 Å². The van der Waals surface area contributed by atoms with Gasteiger partial charge in [-0.2, -0.15) is 0 Å².